The molecule has 1 rings (SSSR count). The van der Waals surface area contributed by atoms with Crippen LogP contribution in [-0.4, -0.2) is 17.9 Å². The quantitative estimate of drug-likeness (QED) is 0.497. The molecule has 0 bridgehead atoms. The topological polar surface area (TPSA) is 59.6 Å². The van der Waals surface area contributed by atoms with Crippen molar-refractivity contribution in [3.63, 3.8) is 0 Å². The van der Waals surface area contributed by atoms with Gasteiger partial charge in [-0.1, -0.05) is 22.9 Å². The highest BCUT2D eigenvalue weighted by atomic mass is 79.9. The summed E-state index contributed by atoms with van der Waals surface area (Å²) >= 11 is 8.05. The number of thiocarbonyl (C=S) groups is 1. The number of nitrogens with one attached hydrogen (secondary N) is 1. The Morgan fingerprint density at radius 3 is 3.06 bits per heavy atom. The lowest BCUT2D eigenvalue weighted by molar-refractivity contribution is 0.317. The zero-order valence-corrected chi connectivity index (χ0v) is 11.8. The lowest BCUT2D eigenvalue weighted by atomic mass is 10.2. The van der Waals surface area contributed by atoms with Gasteiger partial charge in [-0.05, 0) is 36.8 Å². The predicted molar refractivity (Wildman–Crippen MR) is 77.4 cm³/mol. The number of nitrogens with zero attached hydrogens (tertiary/aromatic N) is 1. The molecular weight excluding hydrogens is 302 g/mol. The molecule has 0 aromatic heterocycles. The molecule has 4 nitrogen and oxygen atoms in total. The fraction of sp³-hybridized carbons (Fsp3) is 0.273. The summed E-state index contributed by atoms with van der Waals surface area (Å²) in [7, 11) is 0. The maximum Gasteiger partial charge on any atom is 0.184 e. The summed E-state index contributed by atoms with van der Waals surface area (Å²) in [6.07, 6.45) is 2.58. The average molecular weight is 316 g/mol. The first kappa shape index (κ1) is 13.9. The number of hydrogen-bond donors (Lipinski definition) is 2. The molecule has 0 saturated heterocycles. The van der Waals surface area contributed by atoms with Crippen molar-refractivity contribution >= 4 is 39.5 Å². The molecule has 0 spiro atoms. The SMILES string of the molecule is CCCOc1ccc(Br)cc1/C=N/NC(N)=S. The Bertz CT molecular complexity index is 423. The van der Waals surface area contributed by atoms with Crippen LogP contribution in [0.1, 0.15) is 18.9 Å². The van der Waals surface area contributed by atoms with Gasteiger partial charge in [0.15, 0.2) is 5.11 Å². The van der Waals surface area contributed by atoms with Gasteiger partial charge in [-0.3, -0.25) is 5.43 Å². The molecule has 0 unspecified atom stereocenters. The number of halogens is 1. The minimum Gasteiger partial charge on any atom is -0.493 e. The maximum absolute atomic E-state index is 5.59. The van der Waals surface area contributed by atoms with E-state index in [2.05, 4.69) is 45.6 Å². The highest BCUT2D eigenvalue weighted by molar-refractivity contribution is 9.10. The number of hydrazone groups is 1. The minimum atomic E-state index is 0.132. The van der Waals surface area contributed by atoms with Crippen LogP contribution in [-0.2, 0) is 0 Å². The van der Waals surface area contributed by atoms with Crippen LogP contribution in [0.5, 0.6) is 5.75 Å². The molecule has 0 aliphatic rings. The first-order valence-electron chi connectivity index (χ1n) is 5.14. The van der Waals surface area contributed by atoms with Crippen molar-refractivity contribution in [2.24, 2.45) is 10.8 Å². The highest BCUT2D eigenvalue weighted by Gasteiger charge is 2.02. The first-order valence-corrected chi connectivity index (χ1v) is 6.34. The van der Waals surface area contributed by atoms with Crippen molar-refractivity contribution in [3.05, 3.63) is 28.2 Å². The Morgan fingerprint density at radius 1 is 1.65 bits per heavy atom. The Labute approximate surface area is 114 Å². The average Bonchev–Trinajstić information content (AvgIpc) is 2.27. The van der Waals surface area contributed by atoms with E-state index in [0.29, 0.717) is 6.61 Å². The van der Waals surface area contributed by atoms with Gasteiger partial charge in [-0.15, -0.1) is 0 Å². The van der Waals surface area contributed by atoms with Gasteiger partial charge in [0.2, 0.25) is 0 Å². The van der Waals surface area contributed by atoms with Crippen molar-refractivity contribution in [2.45, 2.75) is 13.3 Å². The third-order valence-electron chi connectivity index (χ3n) is 1.81. The number of rotatable bonds is 5. The molecule has 1 aromatic rings. The Balaban J connectivity index is 2.82. The molecule has 0 heterocycles. The summed E-state index contributed by atoms with van der Waals surface area (Å²) in [5.74, 6) is 0.781. The van der Waals surface area contributed by atoms with E-state index in [-0.39, 0.29) is 5.11 Å². The summed E-state index contributed by atoms with van der Waals surface area (Å²) in [6, 6.07) is 5.72. The van der Waals surface area contributed by atoms with E-state index in [0.717, 1.165) is 22.2 Å². The third kappa shape index (κ3) is 5.14. The Kier molecular flexibility index (Phi) is 5.93. The molecule has 0 fully saturated rings. The van der Waals surface area contributed by atoms with Gasteiger partial charge in [0.1, 0.15) is 5.75 Å². The molecule has 0 aliphatic heterocycles. The fourth-order valence-electron chi connectivity index (χ4n) is 1.13. The lowest BCUT2D eigenvalue weighted by Gasteiger charge is -2.08. The van der Waals surface area contributed by atoms with Gasteiger partial charge in [-0.25, -0.2) is 0 Å². The van der Waals surface area contributed by atoms with Crippen LogP contribution in [0.25, 0.3) is 0 Å². The smallest absolute Gasteiger partial charge is 0.184 e. The number of benzene rings is 1. The van der Waals surface area contributed by atoms with Gasteiger partial charge < -0.3 is 10.5 Å². The lowest BCUT2D eigenvalue weighted by Crippen LogP contribution is -2.24. The van der Waals surface area contributed by atoms with Crippen molar-refractivity contribution in [3.8, 4) is 5.75 Å². The minimum absolute atomic E-state index is 0.132. The molecule has 0 atom stereocenters. The summed E-state index contributed by atoms with van der Waals surface area (Å²) in [5, 5.41) is 4.04. The predicted octanol–water partition coefficient (Wildman–Crippen LogP) is 2.40. The van der Waals surface area contributed by atoms with Crippen molar-refractivity contribution in [1.29, 1.82) is 0 Å². The second-order valence-corrected chi connectivity index (χ2v) is 4.62. The molecule has 0 saturated carbocycles. The van der Waals surface area contributed by atoms with Crippen molar-refractivity contribution < 1.29 is 4.74 Å². The number of ether oxygens (including phenoxy) is 1. The Hall–Kier alpha value is -1.14. The third-order valence-corrected chi connectivity index (χ3v) is 2.40. The summed E-state index contributed by atoms with van der Waals surface area (Å²) in [5.41, 5.74) is 8.63. The standard InChI is InChI=1S/C11H14BrN3OS/c1-2-5-16-10-4-3-9(12)6-8(10)7-14-15-11(13)17/h3-4,6-7H,2,5H2,1H3,(H3,13,15,17)/b14-7+. The number of hydrogen-bond acceptors (Lipinski definition) is 3. The highest BCUT2D eigenvalue weighted by Crippen LogP contribution is 2.21. The van der Waals surface area contributed by atoms with E-state index in [1.807, 2.05) is 18.2 Å². The summed E-state index contributed by atoms with van der Waals surface area (Å²) < 4.78 is 6.55. The number of nitrogens with two attached hydrogens (primary N) is 1. The fourth-order valence-corrected chi connectivity index (χ4v) is 1.56. The van der Waals surface area contributed by atoms with Gasteiger partial charge in [-0.2, -0.15) is 5.10 Å². The van der Waals surface area contributed by atoms with E-state index in [1.165, 1.54) is 0 Å². The van der Waals surface area contributed by atoms with Crippen molar-refractivity contribution in [2.75, 3.05) is 6.61 Å². The molecule has 92 valence electrons. The molecular formula is C11H14BrN3OS. The zero-order chi connectivity index (χ0) is 12.7. The zero-order valence-electron chi connectivity index (χ0n) is 9.44. The van der Waals surface area contributed by atoms with Crippen LogP contribution < -0.4 is 15.9 Å². The van der Waals surface area contributed by atoms with Crippen LogP contribution in [0.2, 0.25) is 0 Å². The molecule has 17 heavy (non-hydrogen) atoms. The van der Waals surface area contributed by atoms with Crippen LogP contribution in [0.3, 0.4) is 0 Å². The van der Waals surface area contributed by atoms with Gasteiger partial charge in [0, 0.05) is 10.0 Å². The van der Waals surface area contributed by atoms with Gasteiger partial charge in [0.25, 0.3) is 0 Å². The molecule has 0 radical (unpaired) electrons. The van der Waals surface area contributed by atoms with Crippen LogP contribution in [0.4, 0.5) is 0 Å². The molecule has 0 aliphatic carbocycles. The van der Waals surface area contributed by atoms with Crippen molar-refractivity contribution in [1.82, 2.24) is 5.43 Å². The van der Waals surface area contributed by atoms with E-state index in [1.54, 1.807) is 6.21 Å². The van der Waals surface area contributed by atoms with E-state index >= 15 is 0 Å². The van der Waals surface area contributed by atoms with Crippen LogP contribution >= 0.6 is 28.1 Å². The Morgan fingerprint density at radius 2 is 2.41 bits per heavy atom. The second kappa shape index (κ2) is 7.24. The van der Waals surface area contributed by atoms with E-state index in [9.17, 15) is 0 Å². The first-order chi connectivity index (χ1) is 8.13. The molecule has 0 amide bonds. The van der Waals surface area contributed by atoms with Crippen LogP contribution in [0.15, 0.2) is 27.8 Å². The van der Waals surface area contributed by atoms with Gasteiger partial charge >= 0.3 is 0 Å². The molecule has 3 N–H and O–H groups in total. The summed E-state index contributed by atoms with van der Waals surface area (Å²) in [4.78, 5) is 0. The molecule has 6 heteroatoms. The van der Waals surface area contributed by atoms with Gasteiger partial charge in [0.05, 0.1) is 12.8 Å². The molecule has 1 aromatic carbocycles. The van der Waals surface area contributed by atoms with E-state index in [4.69, 9.17) is 10.5 Å². The maximum atomic E-state index is 5.59. The largest absolute Gasteiger partial charge is 0.493 e. The monoisotopic (exact) mass is 315 g/mol. The normalized spacial score (nSPS) is 10.5. The van der Waals surface area contributed by atoms with Crippen LogP contribution in [0, 0.1) is 0 Å². The summed E-state index contributed by atoms with van der Waals surface area (Å²) in [6.45, 7) is 2.73. The second-order valence-electron chi connectivity index (χ2n) is 3.26. The van der Waals surface area contributed by atoms with E-state index < -0.39 is 0 Å².